The maximum atomic E-state index is 13.2. The average Bonchev–Trinajstić information content (AvgIpc) is 2.83. The lowest BCUT2D eigenvalue weighted by molar-refractivity contribution is -0.383. The molecule has 1 aromatic heterocycles. The van der Waals surface area contributed by atoms with Crippen LogP contribution in [0.5, 0.6) is 11.5 Å². The Morgan fingerprint density at radius 1 is 0.938 bits per heavy atom. The van der Waals surface area contributed by atoms with Gasteiger partial charge in [-0.15, -0.1) is 0 Å². The van der Waals surface area contributed by atoms with Crippen LogP contribution < -0.4 is 14.4 Å². The molecule has 32 heavy (non-hydrogen) atoms. The van der Waals surface area contributed by atoms with Crippen molar-refractivity contribution in [3.63, 3.8) is 0 Å². The number of sulfonamides is 1. The molecule has 0 saturated carbocycles. The minimum Gasteiger partial charge on any atom is -0.486 e. The van der Waals surface area contributed by atoms with Crippen molar-refractivity contribution in [3.05, 3.63) is 58.9 Å². The number of ether oxygens (including phenoxy) is 2. The first-order chi connectivity index (χ1) is 15.4. The van der Waals surface area contributed by atoms with Crippen molar-refractivity contribution < 1.29 is 22.8 Å². The number of pyridine rings is 1. The van der Waals surface area contributed by atoms with Crippen LogP contribution in [0, 0.1) is 10.1 Å². The number of nitro benzene ring substituents is 1. The molecule has 10 nitrogen and oxygen atoms in total. The highest BCUT2D eigenvalue weighted by atomic mass is 32.2. The predicted octanol–water partition coefficient (Wildman–Crippen LogP) is 2.43. The summed E-state index contributed by atoms with van der Waals surface area (Å²) in [6, 6.07) is 9.59. The number of rotatable bonds is 4. The van der Waals surface area contributed by atoms with Crippen molar-refractivity contribution >= 4 is 32.2 Å². The van der Waals surface area contributed by atoms with Crippen molar-refractivity contribution in [2.45, 2.75) is 4.90 Å². The molecule has 3 aromatic rings. The average molecular weight is 456 g/mol. The zero-order valence-electron chi connectivity index (χ0n) is 17.0. The summed E-state index contributed by atoms with van der Waals surface area (Å²) in [6.45, 7) is 2.32. The van der Waals surface area contributed by atoms with Crippen LogP contribution >= 0.6 is 0 Å². The Balaban J connectivity index is 1.38. The third-order valence-electron chi connectivity index (χ3n) is 5.70. The monoisotopic (exact) mass is 456 g/mol. The Bertz CT molecular complexity index is 1300. The molecular formula is C21H20N4O6S. The number of non-ortho nitro benzene ring substituents is 1. The Kier molecular flexibility index (Phi) is 5.06. The minimum absolute atomic E-state index is 0.00308. The van der Waals surface area contributed by atoms with Crippen molar-refractivity contribution in [3.8, 4) is 11.5 Å². The van der Waals surface area contributed by atoms with E-state index in [1.165, 1.54) is 28.7 Å². The van der Waals surface area contributed by atoms with E-state index in [0.717, 1.165) is 11.1 Å². The van der Waals surface area contributed by atoms with Crippen LogP contribution in [0.3, 0.4) is 0 Å². The van der Waals surface area contributed by atoms with Crippen molar-refractivity contribution in [1.29, 1.82) is 0 Å². The van der Waals surface area contributed by atoms with Gasteiger partial charge in [0.25, 0.3) is 5.69 Å². The highest BCUT2D eigenvalue weighted by Crippen LogP contribution is 2.35. The summed E-state index contributed by atoms with van der Waals surface area (Å²) >= 11 is 0. The molecule has 1 fully saturated rings. The largest absolute Gasteiger partial charge is 0.486 e. The van der Waals surface area contributed by atoms with E-state index < -0.39 is 14.9 Å². The number of fused-ring (bicyclic) bond motifs is 2. The van der Waals surface area contributed by atoms with Gasteiger partial charge in [0.2, 0.25) is 10.0 Å². The molecule has 0 spiro atoms. The Morgan fingerprint density at radius 3 is 2.44 bits per heavy atom. The molecule has 0 radical (unpaired) electrons. The van der Waals surface area contributed by atoms with Crippen molar-refractivity contribution in [1.82, 2.24) is 9.29 Å². The van der Waals surface area contributed by atoms with Gasteiger partial charge in [0.1, 0.15) is 13.2 Å². The molecule has 5 rings (SSSR count). The number of aromatic nitrogens is 1. The van der Waals surface area contributed by atoms with E-state index in [2.05, 4.69) is 4.98 Å². The molecule has 0 atom stereocenters. The van der Waals surface area contributed by atoms with Gasteiger partial charge in [-0.25, -0.2) is 8.42 Å². The van der Waals surface area contributed by atoms with E-state index in [-0.39, 0.29) is 10.6 Å². The van der Waals surface area contributed by atoms with Gasteiger partial charge in [-0.1, -0.05) is 0 Å². The van der Waals surface area contributed by atoms with E-state index in [9.17, 15) is 18.5 Å². The fourth-order valence-electron chi connectivity index (χ4n) is 4.10. The number of hydrogen-bond donors (Lipinski definition) is 0. The van der Waals surface area contributed by atoms with E-state index in [1.807, 2.05) is 4.90 Å². The zero-order valence-corrected chi connectivity index (χ0v) is 17.8. The molecule has 0 amide bonds. The Labute approximate surface area is 184 Å². The molecule has 2 aliphatic heterocycles. The van der Waals surface area contributed by atoms with Gasteiger partial charge in [-0.3, -0.25) is 15.1 Å². The summed E-state index contributed by atoms with van der Waals surface area (Å²) in [4.78, 5) is 17.2. The molecule has 0 aliphatic carbocycles. The third-order valence-corrected chi connectivity index (χ3v) is 7.59. The quantitative estimate of drug-likeness (QED) is 0.434. The molecular weight excluding hydrogens is 436 g/mol. The van der Waals surface area contributed by atoms with Gasteiger partial charge in [-0.2, -0.15) is 4.31 Å². The second-order valence-electron chi connectivity index (χ2n) is 7.48. The minimum atomic E-state index is -3.69. The summed E-state index contributed by atoms with van der Waals surface area (Å²) in [7, 11) is -3.69. The zero-order chi connectivity index (χ0) is 22.3. The van der Waals surface area contributed by atoms with Crippen LogP contribution in [0.15, 0.2) is 53.7 Å². The second kappa shape index (κ2) is 7.92. The second-order valence-corrected chi connectivity index (χ2v) is 9.42. The SMILES string of the molecule is O=[N+]([O-])c1ccc(N2CCN(S(=O)(=O)c3ccc4c(c3)OCCO4)CC2)c2ccncc12. The molecule has 0 N–H and O–H groups in total. The summed E-state index contributed by atoms with van der Waals surface area (Å²) in [5.41, 5.74) is 0.820. The van der Waals surface area contributed by atoms with Gasteiger partial charge in [0.05, 0.1) is 15.2 Å². The Morgan fingerprint density at radius 2 is 1.69 bits per heavy atom. The van der Waals surface area contributed by atoms with Gasteiger partial charge in [-0.05, 0) is 24.3 Å². The van der Waals surface area contributed by atoms with E-state index in [0.29, 0.717) is 56.3 Å². The number of piperazine rings is 1. The van der Waals surface area contributed by atoms with Gasteiger partial charge < -0.3 is 14.4 Å². The number of anilines is 1. The molecule has 0 unspecified atom stereocenters. The Hall–Kier alpha value is -3.44. The van der Waals surface area contributed by atoms with E-state index >= 15 is 0 Å². The van der Waals surface area contributed by atoms with Crippen LogP contribution in [-0.2, 0) is 10.0 Å². The molecule has 2 aromatic carbocycles. The molecule has 0 bridgehead atoms. The smallest absolute Gasteiger partial charge is 0.278 e. The lowest BCUT2D eigenvalue weighted by Gasteiger charge is -2.36. The van der Waals surface area contributed by atoms with Gasteiger partial charge in [0.15, 0.2) is 11.5 Å². The highest BCUT2D eigenvalue weighted by Gasteiger charge is 2.30. The molecule has 3 heterocycles. The van der Waals surface area contributed by atoms with Crippen LogP contribution in [0.4, 0.5) is 11.4 Å². The van der Waals surface area contributed by atoms with Crippen LogP contribution in [0.25, 0.3) is 10.8 Å². The lowest BCUT2D eigenvalue weighted by Crippen LogP contribution is -2.48. The standard InChI is InChI=1S/C21H20N4O6S/c26-25(27)19-3-2-18(16-5-6-22-14-17(16)19)23-7-9-24(10-8-23)32(28,29)15-1-4-20-21(13-15)31-12-11-30-20/h1-6,13-14H,7-12H2. The first-order valence-corrected chi connectivity index (χ1v) is 11.5. The fourth-order valence-corrected chi connectivity index (χ4v) is 5.54. The first-order valence-electron chi connectivity index (χ1n) is 10.1. The third kappa shape index (κ3) is 3.49. The number of nitro groups is 1. The number of hydrogen-bond acceptors (Lipinski definition) is 8. The highest BCUT2D eigenvalue weighted by molar-refractivity contribution is 7.89. The molecule has 11 heteroatoms. The summed E-state index contributed by atoms with van der Waals surface area (Å²) < 4.78 is 38.8. The predicted molar refractivity (Wildman–Crippen MR) is 117 cm³/mol. The molecule has 2 aliphatic rings. The van der Waals surface area contributed by atoms with Gasteiger partial charge in [0, 0.05) is 61.8 Å². The fraction of sp³-hybridized carbons (Fsp3) is 0.286. The molecule has 1 saturated heterocycles. The summed E-state index contributed by atoms with van der Waals surface area (Å²) in [5, 5.41) is 12.5. The van der Waals surface area contributed by atoms with Gasteiger partial charge >= 0.3 is 0 Å². The number of nitrogens with zero attached hydrogens (tertiary/aromatic N) is 4. The normalized spacial score (nSPS) is 16.8. The maximum absolute atomic E-state index is 13.2. The maximum Gasteiger partial charge on any atom is 0.278 e. The van der Waals surface area contributed by atoms with Crippen LogP contribution in [0.2, 0.25) is 0 Å². The summed E-state index contributed by atoms with van der Waals surface area (Å²) in [5.74, 6) is 0.974. The molecule has 166 valence electrons. The summed E-state index contributed by atoms with van der Waals surface area (Å²) in [6.07, 6.45) is 3.08. The van der Waals surface area contributed by atoms with Crippen molar-refractivity contribution in [2.75, 3.05) is 44.3 Å². The van der Waals surface area contributed by atoms with Crippen LogP contribution in [0.1, 0.15) is 0 Å². The number of benzene rings is 2. The van der Waals surface area contributed by atoms with Crippen LogP contribution in [-0.4, -0.2) is 62.0 Å². The lowest BCUT2D eigenvalue weighted by atomic mass is 10.1. The van der Waals surface area contributed by atoms with Crippen molar-refractivity contribution in [2.24, 2.45) is 0 Å². The topological polar surface area (TPSA) is 115 Å². The van der Waals surface area contributed by atoms with E-state index in [4.69, 9.17) is 9.47 Å². The first kappa shape index (κ1) is 20.5. The van der Waals surface area contributed by atoms with E-state index in [1.54, 1.807) is 24.4 Å².